The Kier molecular flexibility index (Phi) is 7.85. The first-order valence-corrected chi connectivity index (χ1v) is 10.7. The molecule has 154 valence electrons. The summed E-state index contributed by atoms with van der Waals surface area (Å²) in [6.07, 6.45) is 12.3. The molecule has 2 atom stereocenters. The fourth-order valence-electron chi connectivity index (χ4n) is 4.41. The van der Waals surface area contributed by atoms with E-state index < -0.39 is 22.8 Å². The summed E-state index contributed by atoms with van der Waals surface area (Å²) in [4.78, 5) is 24.8. The third-order valence-corrected chi connectivity index (χ3v) is 6.15. The molecule has 0 spiro atoms. The summed E-state index contributed by atoms with van der Waals surface area (Å²) in [5.41, 5.74) is -0.960. The van der Waals surface area contributed by atoms with Gasteiger partial charge in [-0.1, -0.05) is 102 Å². The van der Waals surface area contributed by atoms with Gasteiger partial charge in [0.2, 0.25) is 0 Å². The lowest BCUT2D eigenvalue weighted by Crippen LogP contribution is -2.45. The van der Waals surface area contributed by atoms with Crippen LogP contribution in [0.3, 0.4) is 0 Å². The summed E-state index contributed by atoms with van der Waals surface area (Å²) in [7, 11) is 0. The van der Waals surface area contributed by atoms with Gasteiger partial charge in [0.15, 0.2) is 0 Å². The second-order valence-electron chi connectivity index (χ2n) is 8.05. The van der Waals surface area contributed by atoms with Crippen LogP contribution in [0, 0.1) is 0 Å². The molecule has 2 N–H and O–H groups in total. The Morgan fingerprint density at radius 2 is 1.11 bits per heavy atom. The van der Waals surface area contributed by atoms with Gasteiger partial charge in [0.05, 0.1) is 0 Å². The summed E-state index contributed by atoms with van der Waals surface area (Å²) in [5, 5.41) is 20.3. The number of rotatable bonds is 12. The van der Waals surface area contributed by atoms with Crippen molar-refractivity contribution in [3.05, 3.63) is 47.5 Å². The maximum Gasteiger partial charge on any atom is 0.318 e. The molecule has 0 saturated carbocycles. The van der Waals surface area contributed by atoms with Crippen LogP contribution in [-0.2, 0) is 20.4 Å². The lowest BCUT2D eigenvalue weighted by Gasteiger charge is -2.40. The molecule has 0 aromatic heterocycles. The molecule has 0 fully saturated rings. The Morgan fingerprint density at radius 1 is 0.714 bits per heavy atom. The van der Waals surface area contributed by atoms with Gasteiger partial charge in [-0.25, -0.2) is 0 Å². The van der Waals surface area contributed by atoms with Crippen molar-refractivity contribution >= 4 is 11.9 Å². The second-order valence-corrected chi connectivity index (χ2v) is 8.05. The lowest BCUT2D eigenvalue weighted by atomic mass is 9.62. The molecule has 1 aliphatic carbocycles. The average Bonchev–Trinajstić information content (AvgIpc) is 2.69. The van der Waals surface area contributed by atoms with Crippen LogP contribution in [-0.4, -0.2) is 22.2 Å². The number of carbonyl (C=O) groups is 2. The van der Waals surface area contributed by atoms with Gasteiger partial charge in [0.25, 0.3) is 0 Å². The number of aliphatic carboxylic acids is 2. The minimum Gasteiger partial charge on any atom is -0.480 e. The molecule has 0 radical (unpaired) electrons. The predicted octanol–water partition coefficient (Wildman–Crippen LogP) is 5.84. The van der Waals surface area contributed by atoms with Crippen molar-refractivity contribution in [3.63, 3.8) is 0 Å². The monoisotopic (exact) mass is 386 g/mol. The third-order valence-electron chi connectivity index (χ3n) is 6.15. The van der Waals surface area contributed by atoms with Crippen LogP contribution in [0.4, 0.5) is 0 Å². The van der Waals surface area contributed by atoms with Crippen molar-refractivity contribution in [2.45, 2.75) is 88.9 Å². The number of hydrogen-bond donors (Lipinski definition) is 2. The van der Waals surface area contributed by atoms with Gasteiger partial charge in [0, 0.05) is 0 Å². The van der Waals surface area contributed by atoms with Gasteiger partial charge in [-0.2, -0.15) is 0 Å². The molecule has 0 bridgehead atoms. The molecule has 4 nitrogen and oxygen atoms in total. The zero-order valence-electron chi connectivity index (χ0n) is 17.2. The summed E-state index contributed by atoms with van der Waals surface area (Å²) >= 11 is 0. The fourth-order valence-corrected chi connectivity index (χ4v) is 4.41. The van der Waals surface area contributed by atoms with E-state index in [0.717, 1.165) is 51.4 Å². The summed E-state index contributed by atoms with van der Waals surface area (Å²) in [6.45, 7) is 4.26. The highest BCUT2D eigenvalue weighted by molar-refractivity contribution is 5.91. The molecule has 0 aliphatic heterocycles. The van der Waals surface area contributed by atoms with Gasteiger partial charge >= 0.3 is 11.9 Å². The highest BCUT2D eigenvalue weighted by Crippen LogP contribution is 2.46. The fraction of sp³-hybridized carbons (Fsp3) is 0.583. The van der Waals surface area contributed by atoms with Gasteiger partial charge < -0.3 is 10.2 Å². The average molecular weight is 387 g/mol. The Hall–Kier alpha value is -2.10. The number of carboxylic acid groups (broad SMARTS) is 2. The van der Waals surface area contributed by atoms with E-state index >= 15 is 0 Å². The second kappa shape index (κ2) is 9.90. The lowest BCUT2D eigenvalue weighted by molar-refractivity contribution is -0.145. The predicted molar refractivity (Wildman–Crippen MR) is 112 cm³/mol. The topological polar surface area (TPSA) is 74.6 Å². The Labute approximate surface area is 168 Å². The van der Waals surface area contributed by atoms with Crippen molar-refractivity contribution in [2.24, 2.45) is 0 Å². The Morgan fingerprint density at radius 3 is 1.43 bits per heavy atom. The molecule has 0 unspecified atom stereocenters. The van der Waals surface area contributed by atoms with Crippen LogP contribution >= 0.6 is 0 Å². The van der Waals surface area contributed by atoms with E-state index in [4.69, 9.17) is 0 Å². The van der Waals surface area contributed by atoms with Crippen molar-refractivity contribution in [2.75, 3.05) is 0 Å². The first-order valence-electron chi connectivity index (χ1n) is 10.7. The van der Waals surface area contributed by atoms with E-state index in [9.17, 15) is 19.8 Å². The molecule has 28 heavy (non-hydrogen) atoms. The number of hydrogen-bond acceptors (Lipinski definition) is 2. The largest absolute Gasteiger partial charge is 0.480 e. The molecular weight excluding hydrogens is 352 g/mol. The minimum atomic E-state index is -1.13. The first-order chi connectivity index (χ1) is 13.4. The molecule has 1 aromatic rings. The number of unbranched alkanes of at least 4 members (excludes halogenated alkanes) is 6. The SMILES string of the molecule is CCCCCC[C@]1(C(=O)O)C=C[C@@](CCCCCC)(C(=O)O)c2ccccc21. The molecule has 0 saturated heterocycles. The minimum absolute atomic E-state index is 0.501. The van der Waals surface area contributed by atoms with Gasteiger partial charge in [-0.3, -0.25) is 9.59 Å². The smallest absolute Gasteiger partial charge is 0.318 e. The number of carboxylic acids is 2. The van der Waals surface area contributed by atoms with Crippen molar-refractivity contribution < 1.29 is 19.8 Å². The van der Waals surface area contributed by atoms with E-state index in [2.05, 4.69) is 13.8 Å². The third kappa shape index (κ3) is 4.31. The quantitative estimate of drug-likeness (QED) is 0.349. The molecule has 2 rings (SSSR count). The van der Waals surface area contributed by atoms with Crippen LogP contribution < -0.4 is 0 Å². The summed E-state index contributed by atoms with van der Waals surface area (Å²) in [6, 6.07) is 7.28. The maximum atomic E-state index is 12.4. The zero-order valence-corrected chi connectivity index (χ0v) is 17.2. The normalized spacial score (nSPS) is 23.4. The van der Waals surface area contributed by atoms with E-state index in [-0.39, 0.29) is 0 Å². The van der Waals surface area contributed by atoms with Gasteiger partial charge in [-0.05, 0) is 24.0 Å². The standard InChI is InChI=1S/C24H34O4/c1-3-5-7-11-15-23(21(25)26)17-18-24(22(27)28,16-12-8-6-4-2)20-14-10-9-13-19(20)23/h9-10,13-14,17-18H,3-8,11-12,15-16H2,1-2H3,(H,25,26)(H,27,28)/t23-,24+. The molecule has 1 aliphatic rings. The maximum absolute atomic E-state index is 12.4. The van der Waals surface area contributed by atoms with Crippen molar-refractivity contribution in [1.82, 2.24) is 0 Å². The molecule has 4 heteroatoms. The van der Waals surface area contributed by atoms with Crippen LogP contribution in [0.25, 0.3) is 0 Å². The van der Waals surface area contributed by atoms with E-state index in [1.165, 1.54) is 0 Å². The molecule has 1 aromatic carbocycles. The van der Waals surface area contributed by atoms with Crippen LogP contribution in [0.15, 0.2) is 36.4 Å². The summed E-state index contributed by atoms with van der Waals surface area (Å²) < 4.78 is 0. The van der Waals surface area contributed by atoms with Crippen molar-refractivity contribution in [1.29, 1.82) is 0 Å². The Balaban J connectivity index is 2.45. The van der Waals surface area contributed by atoms with E-state index in [1.54, 1.807) is 12.2 Å². The van der Waals surface area contributed by atoms with Crippen LogP contribution in [0.1, 0.15) is 89.2 Å². The Bertz CT molecular complexity index is 649. The number of benzene rings is 1. The zero-order chi connectivity index (χ0) is 20.6. The summed E-state index contributed by atoms with van der Waals surface area (Å²) in [5.74, 6) is -1.78. The van der Waals surface area contributed by atoms with Gasteiger partial charge in [0.1, 0.15) is 10.8 Å². The highest BCUT2D eigenvalue weighted by atomic mass is 16.4. The number of fused-ring (bicyclic) bond motifs is 1. The van der Waals surface area contributed by atoms with Crippen LogP contribution in [0.2, 0.25) is 0 Å². The first kappa shape index (κ1) is 22.2. The van der Waals surface area contributed by atoms with E-state index in [1.807, 2.05) is 24.3 Å². The van der Waals surface area contributed by atoms with E-state index in [0.29, 0.717) is 24.0 Å². The molecular formula is C24H34O4. The molecule has 0 heterocycles. The van der Waals surface area contributed by atoms with Gasteiger partial charge in [-0.15, -0.1) is 0 Å². The highest BCUT2D eigenvalue weighted by Gasteiger charge is 2.49. The van der Waals surface area contributed by atoms with Crippen LogP contribution in [0.5, 0.6) is 0 Å². The molecule has 0 amide bonds. The van der Waals surface area contributed by atoms with Crippen molar-refractivity contribution in [3.8, 4) is 0 Å².